The summed E-state index contributed by atoms with van der Waals surface area (Å²) in [5, 5.41) is 9.05. The normalized spacial score (nSPS) is 11.1. The maximum Gasteiger partial charge on any atom is 0.272 e. The van der Waals surface area contributed by atoms with Crippen LogP contribution in [0.15, 0.2) is 114 Å². The molecule has 0 aliphatic carbocycles. The van der Waals surface area contributed by atoms with E-state index in [0.29, 0.717) is 27.7 Å². The highest BCUT2D eigenvalue weighted by atomic mass is 32.2. The molecule has 10 heteroatoms. The van der Waals surface area contributed by atoms with Crippen LogP contribution >= 0.6 is 23.1 Å². The number of amides is 3. The average Bonchev–Trinajstić information content (AvgIpc) is 3.44. The Hall–Kier alpha value is -5.19. The molecular formula is C36H32N4O4S2. The molecule has 0 aliphatic heterocycles. The second kappa shape index (κ2) is 15.2. The van der Waals surface area contributed by atoms with Crippen LogP contribution in [0.2, 0.25) is 0 Å². The van der Waals surface area contributed by atoms with Gasteiger partial charge in [-0.2, -0.15) is 0 Å². The van der Waals surface area contributed by atoms with Crippen molar-refractivity contribution < 1.29 is 19.1 Å². The van der Waals surface area contributed by atoms with Crippen molar-refractivity contribution in [2.45, 2.75) is 18.7 Å². The van der Waals surface area contributed by atoms with E-state index < -0.39 is 11.8 Å². The van der Waals surface area contributed by atoms with Crippen LogP contribution in [0.3, 0.4) is 0 Å². The second-order valence-corrected chi connectivity index (χ2v) is 12.5. The lowest BCUT2D eigenvalue weighted by Gasteiger charge is -2.13. The van der Waals surface area contributed by atoms with Crippen LogP contribution in [0, 0.1) is 13.8 Å². The van der Waals surface area contributed by atoms with Crippen molar-refractivity contribution >= 4 is 57.7 Å². The molecule has 3 N–H and O–H groups in total. The number of hydrogen-bond donors (Lipinski definition) is 3. The summed E-state index contributed by atoms with van der Waals surface area (Å²) in [4.78, 5) is 45.5. The topological polar surface area (TPSA) is 109 Å². The van der Waals surface area contributed by atoms with Crippen molar-refractivity contribution in [3.63, 3.8) is 0 Å². The van der Waals surface area contributed by atoms with E-state index in [1.165, 1.54) is 28.7 Å². The van der Waals surface area contributed by atoms with Gasteiger partial charge in [-0.15, -0.1) is 23.1 Å². The van der Waals surface area contributed by atoms with Crippen LogP contribution in [-0.4, -0.2) is 35.6 Å². The van der Waals surface area contributed by atoms with Gasteiger partial charge in [-0.25, -0.2) is 4.98 Å². The number of ether oxygens (including phenoxy) is 1. The molecule has 0 spiro atoms. The van der Waals surface area contributed by atoms with E-state index >= 15 is 0 Å². The molecule has 0 saturated carbocycles. The number of carbonyl (C=O) groups excluding carboxylic acids is 3. The number of methoxy groups -OCH3 is 1. The van der Waals surface area contributed by atoms with Crippen molar-refractivity contribution in [1.82, 2.24) is 10.3 Å². The summed E-state index contributed by atoms with van der Waals surface area (Å²) in [6.45, 7) is 4.03. The number of aryl methyl sites for hydroxylation is 2. The molecule has 1 aromatic heterocycles. The Labute approximate surface area is 275 Å². The van der Waals surface area contributed by atoms with Crippen LogP contribution in [0.5, 0.6) is 5.75 Å². The van der Waals surface area contributed by atoms with Crippen LogP contribution in [0.25, 0.3) is 17.3 Å². The summed E-state index contributed by atoms with van der Waals surface area (Å²) < 4.78 is 5.43. The van der Waals surface area contributed by atoms with Crippen molar-refractivity contribution in [1.29, 1.82) is 0 Å². The van der Waals surface area contributed by atoms with Gasteiger partial charge < -0.3 is 20.7 Å². The molecule has 3 amide bonds. The zero-order chi connectivity index (χ0) is 32.5. The van der Waals surface area contributed by atoms with Crippen molar-refractivity contribution in [2.75, 3.05) is 23.5 Å². The number of nitrogens with zero attached hydrogens (tertiary/aromatic N) is 1. The van der Waals surface area contributed by atoms with Crippen LogP contribution in [0.4, 0.5) is 10.8 Å². The Morgan fingerprint density at radius 1 is 0.848 bits per heavy atom. The molecule has 0 saturated heterocycles. The largest absolute Gasteiger partial charge is 0.496 e. The molecule has 0 atom stereocenters. The summed E-state index contributed by atoms with van der Waals surface area (Å²) in [5.74, 6) is -0.322. The third kappa shape index (κ3) is 8.50. The van der Waals surface area contributed by atoms with E-state index in [-0.39, 0.29) is 17.4 Å². The third-order valence-corrected chi connectivity index (χ3v) is 8.72. The number of benzene rings is 4. The standard InChI is InChI=1S/C36H32N4O4S2/c1-23-13-15-25(16-14-23)33-24(2)46-36(40-33)39-32(41)22-45-29-19-17-28(18-20-29)37-35(43)30(21-27-11-7-8-12-31(27)44-3)38-34(42)26-9-5-4-6-10-26/h4-21H,22H2,1-3H3,(H,37,43)(H,38,42)(H,39,40,41)/b30-21-. The Morgan fingerprint density at radius 3 is 2.26 bits per heavy atom. The highest BCUT2D eigenvalue weighted by Gasteiger charge is 2.17. The predicted octanol–water partition coefficient (Wildman–Crippen LogP) is 7.58. The van der Waals surface area contributed by atoms with Gasteiger partial charge in [0, 0.05) is 32.2 Å². The SMILES string of the molecule is COc1ccccc1/C=C(\NC(=O)c1ccccc1)C(=O)Nc1ccc(SCC(=O)Nc2nc(-c3ccc(C)cc3)c(C)s2)cc1. The molecule has 0 fully saturated rings. The van der Waals surface area contributed by atoms with Crippen LogP contribution in [0.1, 0.15) is 26.4 Å². The molecule has 1 heterocycles. The van der Waals surface area contributed by atoms with Gasteiger partial charge in [0.15, 0.2) is 5.13 Å². The van der Waals surface area contributed by atoms with Gasteiger partial charge in [-0.05, 0) is 62.4 Å². The Kier molecular flexibility index (Phi) is 10.6. The van der Waals surface area contributed by atoms with Gasteiger partial charge in [-0.1, -0.05) is 66.2 Å². The fraction of sp³-hybridized carbons (Fsp3) is 0.111. The zero-order valence-electron chi connectivity index (χ0n) is 25.5. The zero-order valence-corrected chi connectivity index (χ0v) is 27.1. The highest BCUT2D eigenvalue weighted by Crippen LogP contribution is 2.31. The fourth-order valence-corrected chi connectivity index (χ4v) is 6.00. The number of hydrogen-bond acceptors (Lipinski definition) is 7. The lowest BCUT2D eigenvalue weighted by molar-refractivity contribution is -0.114. The first-order chi connectivity index (χ1) is 22.3. The van der Waals surface area contributed by atoms with Gasteiger partial charge in [0.2, 0.25) is 5.91 Å². The van der Waals surface area contributed by atoms with Crippen LogP contribution in [-0.2, 0) is 9.59 Å². The summed E-state index contributed by atoms with van der Waals surface area (Å²) >= 11 is 2.82. The van der Waals surface area contributed by atoms with Gasteiger partial charge in [-0.3, -0.25) is 14.4 Å². The number of para-hydroxylation sites is 1. The van der Waals surface area contributed by atoms with E-state index in [1.54, 1.807) is 61.7 Å². The first-order valence-corrected chi connectivity index (χ1v) is 16.2. The third-order valence-electron chi connectivity index (χ3n) is 6.82. The molecule has 8 nitrogen and oxygen atoms in total. The van der Waals surface area contributed by atoms with Crippen molar-refractivity contribution in [3.05, 3.63) is 130 Å². The van der Waals surface area contributed by atoms with Crippen molar-refractivity contribution in [3.8, 4) is 17.0 Å². The number of thioether (sulfide) groups is 1. The Morgan fingerprint density at radius 2 is 1.54 bits per heavy atom. The van der Waals surface area contributed by atoms with Crippen LogP contribution < -0.4 is 20.7 Å². The first-order valence-electron chi connectivity index (χ1n) is 14.4. The maximum absolute atomic E-state index is 13.4. The minimum Gasteiger partial charge on any atom is -0.496 e. The number of thiazole rings is 1. The fourth-order valence-electron chi connectivity index (χ4n) is 4.45. The minimum atomic E-state index is -0.501. The predicted molar refractivity (Wildman–Crippen MR) is 186 cm³/mol. The molecule has 0 aliphatic rings. The number of anilines is 2. The van der Waals surface area contributed by atoms with Gasteiger partial charge in [0.05, 0.1) is 18.6 Å². The smallest absolute Gasteiger partial charge is 0.272 e. The van der Waals surface area contributed by atoms with Gasteiger partial charge in [0.25, 0.3) is 11.8 Å². The van der Waals surface area contributed by atoms with Gasteiger partial charge >= 0.3 is 0 Å². The quantitative estimate of drug-likeness (QED) is 0.101. The highest BCUT2D eigenvalue weighted by molar-refractivity contribution is 8.00. The number of rotatable bonds is 11. The van der Waals surface area contributed by atoms with E-state index in [2.05, 4.69) is 20.9 Å². The van der Waals surface area contributed by atoms with E-state index in [9.17, 15) is 14.4 Å². The Bertz CT molecular complexity index is 1870. The maximum atomic E-state index is 13.4. The summed E-state index contributed by atoms with van der Waals surface area (Å²) in [7, 11) is 1.54. The summed E-state index contributed by atoms with van der Waals surface area (Å²) in [6, 6.07) is 31.2. The summed E-state index contributed by atoms with van der Waals surface area (Å²) in [6.07, 6.45) is 1.57. The van der Waals surface area contributed by atoms with Gasteiger partial charge in [0.1, 0.15) is 11.4 Å². The number of nitrogens with one attached hydrogen (secondary N) is 3. The summed E-state index contributed by atoms with van der Waals surface area (Å²) in [5.41, 5.74) is 4.69. The van der Waals surface area contributed by atoms with Crippen molar-refractivity contribution in [2.24, 2.45) is 0 Å². The lowest BCUT2D eigenvalue weighted by Crippen LogP contribution is -2.30. The molecule has 5 aromatic rings. The molecular weight excluding hydrogens is 617 g/mol. The van der Waals surface area contributed by atoms with E-state index in [4.69, 9.17) is 4.74 Å². The second-order valence-electron chi connectivity index (χ2n) is 10.2. The first kappa shape index (κ1) is 32.2. The number of aromatic nitrogens is 1. The molecule has 0 bridgehead atoms. The molecule has 4 aromatic carbocycles. The molecule has 0 radical (unpaired) electrons. The number of carbonyl (C=O) groups is 3. The lowest BCUT2D eigenvalue weighted by atomic mass is 10.1. The monoisotopic (exact) mass is 648 g/mol. The van der Waals surface area contributed by atoms with E-state index in [1.807, 2.05) is 68.4 Å². The molecule has 46 heavy (non-hydrogen) atoms. The molecule has 5 rings (SSSR count). The Balaban J connectivity index is 1.21. The molecule has 232 valence electrons. The minimum absolute atomic E-state index is 0.0523. The average molecular weight is 649 g/mol. The van der Waals surface area contributed by atoms with E-state index in [0.717, 1.165) is 21.0 Å². The molecule has 0 unspecified atom stereocenters.